The van der Waals surface area contributed by atoms with Crippen LogP contribution in [0.25, 0.3) is 0 Å². The van der Waals surface area contributed by atoms with Gasteiger partial charge >= 0.3 is 17.9 Å². The summed E-state index contributed by atoms with van der Waals surface area (Å²) in [7, 11) is 0. The first kappa shape index (κ1) is 28.0. The largest absolute Gasteiger partial charge is 0.481 e. The number of rotatable bonds is 15. The number of esters is 2. The molecular weight excluding hydrogens is 432 g/mol. The Morgan fingerprint density at radius 2 is 1.69 bits per heavy atom. The molecule has 0 spiro atoms. The number of carboxylic acid groups (broad SMARTS) is 1. The number of aryl methyl sites for hydroxylation is 1. The van der Waals surface area contributed by atoms with Gasteiger partial charge in [-0.2, -0.15) is 0 Å². The minimum absolute atomic E-state index is 0.252. The lowest BCUT2D eigenvalue weighted by molar-refractivity contribution is -0.145. The molecule has 1 aromatic rings. The van der Waals surface area contributed by atoms with Crippen LogP contribution in [0.1, 0.15) is 58.6 Å². The van der Waals surface area contributed by atoms with Crippen LogP contribution in [0.3, 0.4) is 0 Å². The van der Waals surface area contributed by atoms with Gasteiger partial charge in [-0.25, -0.2) is 0 Å². The second-order valence-electron chi connectivity index (χ2n) is 8.30. The number of carboxylic acids is 1. The molecule has 32 heavy (non-hydrogen) atoms. The molecule has 7 nitrogen and oxygen atoms in total. The molecule has 0 saturated carbocycles. The Bertz CT molecular complexity index is 762. The SMILES string of the molecule is CCOC(=O)CCc1cccc(C(C)(CCOC(C)(C)CSCC(=O)OCC)C(=O)O)c1. The number of thioether (sulfide) groups is 1. The second-order valence-corrected chi connectivity index (χ2v) is 9.28. The average molecular weight is 469 g/mol. The van der Waals surface area contributed by atoms with Gasteiger partial charge in [-0.05, 0) is 58.6 Å². The molecule has 1 N–H and O–H groups in total. The van der Waals surface area contributed by atoms with Crippen LogP contribution in [0.2, 0.25) is 0 Å². The van der Waals surface area contributed by atoms with Crippen molar-refractivity contribution in [2.45, 2.75) is 64.9 Å². The van der Waals surface area contributed by atoms with Gasteiger partial charge in [0.05, 0.1) is 30.0 Å². The van der Waals surface area contributed by atoms with E-state index in [0.717, 1.165) is 5.56 Å². The first-order valence-corrected chi connectivity index (χ1v) is 12.0. The van der Waals surface area contributed by atoms with Crippen molar-refractivity contribution in [3.63, 3.8) is 0 Å². The van der Waals surface area contributed by atoms with Gasteiger partial charge in [0.25, 0.3) is 0 Å². The van der Waals surface area contributed by atoms with Crippen LogP contribution in [0, 0.1) is 0 Å². The summed E-state index contributed by atoms with van der Waals surface area (Å²) in [6.07, 6.45) is 1.03. The van der Waals surface area contributed by atoms with Gasteiger partial charge in [-0.3, -0.25) is 14.4 Å². The Morgan fingerprint density at radius 3 is 2.31 bits per heavy atom. The zero-order valence-corrected chi connectivity index (χ0v) is 20.6. The highest BCUT2D eigenvalue weighted by molar-refractivity contribution is 8.00. The maximum Gasteiger partial charge on any atom is 0.315 e. The van der Waals surface area contributed by atoms with E-state index in [1.54, 1.807) is 26.8 Å². The van der Waals surface area contributed by atoms with E-state index in [2.05, 4.69) is 0 Å². The molecule has 0 aliphatic rings. The van der Waals surface area contributed by atoms with E-state index in [1.165, 1.54) is 11.8 Å². The van der Waals surface area contributed by atoms with Gasteiger partial charge in [0.1, 0.15) is 0 Å². The van der Waals surface area contributed by atoms with Crippen molar-refractivity contribution in [1.29, 1.82) is 0 Å². The van der Waals surface area contributed by atoms with Crippen LogP contribution in [0.15, 0.2) is 24.3 Å². The van der Waals surface area contributed by atoms with E-state index in [0.29, 0.717) is 31.0 Å². The van der Waals surface area contributed by atoms with Crippen molar-refractivity contribution >= 4 is 29.7 Å². The van der Waals surface area contributed by atoms with Gasteiger partial charge < -0.3 is 19.3 Å². The minimum atomic E-state index is -1.13. The summed E-state index contributed by atoms with van der Waals surface area (Å²) in [5.41, 5.74) is -0.0873. The smallest absolute Gasteiger partial charge is 0.315 e. The molecule has 180 valence electrons. The molecular formula is C24H36O7S. The molecule has 0 heterocycles. The topological polar surface area (TPSA) is 99.1 Å². The average Bonchev–Trinajstić information content (AvgIpc) is 2.72. The Balaban J connectivity index is 2.71. The van der Waals surface area contributed by atoms with Crippen molar-refractivity contribution in [3.05, 3.63) is 35.4 Å². The minimum Gasteiger partial charge on any atom is -0.481 e. The molecule has 0 saturated heterocycles. The van der Waals surface area contributed by atoms with Crippen LogP contribution >= 0.6 is 11.8 Å². The van der Waals surface area contributed by atoms with Crippen molar-refractivity contribution < 1.29 is 33.7 Å². The zero-order chi connectivity index (χ0) is 24.2. The quantitative estimate of drug-likeness (QED) is 0.386. The highest BCUT2D eigenvalue weighted by atomic mass is 32.2. The van der Waals surface area contributed by atoms with E-state index >= 15 is 0 Å². The fraction of sp³-hybridized carbons (Fsp3) is 0.625. The summed E-state index contributed by atoms with van der Waals surface area (Å²) in [5, 5.41) is 9.96. The van der Waals surface area contributed by atoms with Gasteiger partial charge in [-0.1, -0.05) is 24.3 Å². The third kappa shape index (κ3) is 9.61. The normalized spacial score (nSPS) is 13.3. The van der Waals surface area contributed by atoms with Crippen molar-refractivity contribution in [1.82, 2.24) is 0 Å². The highest BCUT2D eigenvalue weighted by Crippen LogP contribution is 2.30. The molecule has 1 atom stereocenters. The van der Waals surface area contributed by atoms with Crippen LogP contribution in [0.4, 0.5) is 0 Å². The Morgan fingerprint density at radius 1 is 1.03 bits per heavy atom. The third-order valence-electron chi connectivity index (χ3n) is 5.03. The predicted molar refractivity (Wildman–Crippen MR) is 125 cm³/mol. The molecule has 0 amide bonds. The van der Waals surface area contributed by atoms with Gasteiger partial charge in [-0.15, -0.1) is 11.8 Å². The van der Waals surface area contributed by atoms with Gasteiger partial charge in [0.15, 0.2) is 0 Å². The molecule has 0 aliphatic heterocycles. The molecule has 0 bridgehead atoms. The monoisotopic (exact) mass is 468 g/mol. The summed E-state index contributed by atoms with van der Waals surface area (Å²) in [6, 6.07) is 7.33. The molecule has 1 aromatic carbocycles. The summed E-state index contributed by atoms with van der Waals surface area (Å²) >= 11 is 1.43. The van der Waals surface area contributed by atoms with Gasteiger partial charge in [0, 0.05) is 18.8 Å². The van der Waals surface area contributed by atoms with Crippen molar-refractivity contribution in [2.24, 2.45) is 0 Å². The summed E-state index contributed by atoms with van der Waals surface area (Å²) in [4.78, 5) is 35.3. The number of benzene rings is 1. The van der Waals surface area contributed by atoms with Crippen molar-refractivity contribution in [2.75, 3.05) is 31.3 Å². The molecule has 0 radical (unpaired) electrons. The van der Waals surface area contributed by atoms with E-state index in [9.17, 15) is 19.5 Å². The highest BCUT2D eigenvalue weighted by Gasteiger charge is 2.36. The standard InChI is InChI=1S/C24H36O7S/c1-6-29-20(25)12-11-18-9-8-10-19(15-18)24(5,22(27)28)13-14-31-23(3,4)17-32-16-21(26)30-7-2/h8-10,15H,6-7,11-14,16-17H2,1-5H3,(H,27,28). The molecule has 0 fully saturated rings. The summed E-state index contributed by atoms with van der Waals surface area (Å²) in [5.74, 6) is -0.617. The lowest BCUT2D eigenvalue weighted by atomic mass is 9.79. The number of carbonyl (C=O) groups excluding carboxylic acids is 2. The van der Waals surface area contributed by atoms with Crippen LogP contribution < -0.4 is 0 Å². The van der Waals surface area contributed by atoms with Crippen LogP contribution in [-0.2, 0) is 40.4 Å². The molecule has 1 unspecified atom stereocenters. The number of hydrogen-bond acceptors (Lipinski definition) is 7. The zero-order valence-electron chi connectivity index (χ0n) is 19.8. The fourth-order valence-corrected chi connectivity index (χ4v) is 4.01. The first-order valence-electron chi connectivity index (χ1n) is 10.9. The number of aliphatic carboxylic acids is 1. The van der Waals surface area contributed by atoms with Gasteiger partial charge in [0.2, 0.25) is 0 Å². The molecule has 1 rings (SSSR count). The van der Waals surface area contributed by atoms with E-state index < -0.39 is 17.0 Å². The number of ether oxygens (including phenoxy) is 3. The summed E-state index contributed by atoms with van der Waals surface area (Å²) in [6.45, 7) is 10.0. The first-order chi connectivity index (χ1) is 15.0. The predicted octanol–water partition coefficient (Wildman–Crippen LogP) is 4.01. The maximum atomic E-state index is 12.2. The second kappa shape index (κ2) is 13.5. The van der Waals surface area contributed by atoms with Crippen LogP contribution in [-0.4, -0.2) is 59.9 Å². The summed E-state index contributed by atoms with van der Waals surface area (Å²) < 4.78 is 15.9. The molecule has 0 aromatic heterocycles. The molecule has 8 heteroatoms. The fourth-order valence-electron chi connectivity index (χ4n) is 3.08. The number of carbonyl (C=O) groups is 3. The lowest BCUT2D eigenvalue weighted by Crippen LogP contribution is -2.36. The number of hydrogen-bond donors (Lipinski definition) is 1. The lowest BCUT2D eigenvalue weighted by Gasteiger charge is -2.30. The Hall–Kier alpha value is -2.06. The van der Waals surface area contributed by atoms with E-state index in [4.69, 9.17) is 14.2 Å². The maximum absolute atomic E-state index is 12.2. The van der Waals surface area contributed by atoms with Crippen LogP contribution in [0.5, 0.6) is 0 Å². The van der Waals surface area contributed by atoms with E-state index in [1.807, 2.05) is 32.0 Å². The Kier molecular flexibility index (Phi) is 11.8. The van der Waals surface area contributed by atoms with E-state index in [-0.39, 0.29) is 37.1 Å². The Labute approximate surface area is 195 Å². The third-order valence-corrected chi connectivity index (χ3v) is 6.37. The molecule has 0 aliphatic carbocycles. The van der Waals surface area contributed by atoms with Crippen molar-refractivity contribution in [3.8, 4) is 0 Å².